The summed E-state index contributed by atoms with van der Waals surface area (Å²) in [7, 11) is 1.55. The van der Waals surface area contributed by atoms with Crippen molar-refractivity contribution in [3.8, 4) is 5.75 Å². The highest BCUT2D eigenvalue weighted by molar-refractivity contribution is 8.00. The van der Waals surface area contributed by atoms with Crippen molar-refractivity contribution in [1.82, 2.24) is 15.2 Å². The number of methoxy groups -OCH3 is 1. The average Bonchev–Trinajstić information content (AvgIpc) is 3.36. The largest absolute Gasteiger partial charge is 0.495 e. The van der Waals surface area contributed by atoms with Crippen LogP contribution in [0.3, 0.4) is 0 Å². The number of para-hydroxylation sites is 2. The molecular weight excluding hydrogens is 474 g/mol. The van der Waals surface area contributed by atoms with E-state index in [0.717, 1.165) is 5.56 Å². The van der Waals surface area contributed by atoms with Crippen LogP contribution in [0.4, 0.5) is 11.4 Å². The lowest BCUT2D eigenvalue weighted by atomic mass is 10.2. The molecule has 0 radical (unpaired) electrons. The molecule has 0 aliphatic rings. The lowest BCUT2D eigenvalue weighted by Gasteiger charge is -2.12. The van der Waals surface area contributed by atoms with Gasteiger partial charge in [-0.1, -0.05) is 60.3 Å². The molecule has 2 amide bonds. The number of rotatable bonds is 9. The summed E-state index contributed by atoms with van der Waals surface area (Å²) < 4.78 is 5.26. The van der Waals surface area contributed by atoms with E-state index < -0.39 is 5.25 Å². The quantitative estimate of drug-likeness (QED) is 0.268. The number of anilines is 2. The molecule has 4 rings (SSSR count). The van der Waals surface area contributed by atoms with Crippen LogP contribution < -0.4 is 15.4 Å². The second kappa shape index (κ2) is 11.9. The van der Waals surface area contributed by atoms with Crippen molar-refractivity contribution >= 4 is 47.1 Å². The molecule has 3 N–H and O–H groups in total. The zero-order valence-corrected chi connectivity index (χ0v) is 20.6. The first-order valence-electron chi connectivity index (χ1n) is 11.2. The van der Waals surface area contributed by atoms with Gasteiger partial charge in [-0.05, 0) is 55.0 Å². The van der Waals surface area contributed by atoms with E-state index in [-0.39, 0.29) is 11.8 Å². The van der Waals surface area contributed by atoms with Crippen molar-refractivity contribution in [2.75, 3.05) is 17.7 Å². The fraction of sp³-hybridized carbons (Fsp3) is 0.111. The standard InChI is InChI=1S/C27H25N5O3S/c1-18(36-27-30-24(31-32-27)17-12-19-8-4-3-5-9-19)25(33)28-21-15-13-20(14-16-21)26(34)29-22-10-6-7-11-23(22)35-2/h3-18H,1-2H3,(H,28,33)(H,29,34)(H,30,31,32)/b17-12+. The molecule has 1 heterocycles. The van der Waals surface area contributed by atoms with Crippen LogP contribution in [-0.2, 0) is 4.79 Å². The molecular formula is C27H25N5O3S. The van der Waals surface area contributed by atoms with Crippen molar-refractivity contribution in [3.63, 3.8) is 0 Å². The van der Waals surface area contributed by atoms with Crippen molar-refractivity contribution in [2.24, 2.45) is 0 Å². The van der Waals surface area contributed by atoms with Gasteiger partial charge in [0, 0.05) is 11.3 Å². The van der Waals surface area contributed by atoms with E-state index >= 15 is 0 Å². The van der Waals surface area contributed by atoms with E-state index in [9.17, 15) is 9.59 Å². The van der Waals surface area contributed by atoms with E-state index in [0.29, 0.717) is 33.7 Å². The highest BCUT2D eigenvalue weighted by Crippen LogP contribution is 2.24. The molecule has 3 aromatic carbocycles. The van der Waals surface area contributed by atoms with E-state index in [2.05, 4.69) is 25.8 Å². The van der Waals surface area contributed by atoms with Crippen molar-refractivity contribution in [1.29, 1.82) is 0 Å². The number of aromatic amines is 1. The van der Waals surface area contributed by atoms with Crippen LogP contribution in [0, 0.1) is 0 Å². The Hall–Kier alpha value is -4.37. The van der Waals surface area contributed by atoms with Crippen LogP contribution >= 0.6 is 11.8 Å². The topological polar surface area (TPSA) is 109 Å². The smallest absolute Gasteiger partial charge is 0.255 e. The maximum atomic E-state index is 12.7. The van der Waals surface area contributed by atoms with E-state index in [4.69, 9.17) is 4.74 Å². The second-order valence-corrected chi connectivity index (χ2v) is 9.04. The SMILES string of the molecule is COc1ccccc1NC(=O)c1ccc(NC(=O)C(C)Sc2n[nH]c(/C=C/c3ccccc3)n2)cc1. The van der Waals surface area contributed by atoms with Crippen LogP contribution in [0.5, 0.6) is 5.75 Å². The van der Waals surface area contributed by atoms with Gasteiger partial charge >= 0.3 is 0 Å². The van der Waals surface area contributed by atoms with Gasteiger partial charge in [-0.15, -0.1) is 5.10 Å². The Morgan fingerprint density at radius 3 is 2.42 bits per heavy atom. The molecule has 0 saturated heterocycles. The maximum absolute atomic E-state index is 12.7. The van der Waals surface area contributed by atoms with Gasteiger partial charge < -0.3 is 15.4 Å². The number of H-pyrrole nitrogens is 1. The number of thioether (sulfide) groups is 1. The molecule has 1 unspecified atom stereocenters. The molecule has 182 valence electrons. The molecule has 4 aromatic rings. The zero-order valence-electron chi connectivity index (χ0n) is 19.8. The molecule has 9 heteroatoms. The fourth-order valence-corrected chi connectivity index (χ4v) is 3.96. The van der Waals surface area contributed by atoms with Gasteiger partial charge in [-0.3, -0.25) is 14.7 Å². The number of ether oxygens (including phenoxy) is 1. The number of amides is 2. The summed E-state index contributed by atoms with van der Waals surface area (Å²) in [6.07, 6.45) is 3.77. The third kappa shape index (κ3) is 6.61. The molecule has 0 fully saturated rings. The molecule has 36 heavy (non-hydrogen) atoms. The maximum Gasteiger partial charge on any atom is 0.255 e. The number of hydrogen-bond donors (Lipinski definition) is 3. The fourth-order valence-electron chi connectivity index (χ4n) is 3.23. The van der Waals surface area contributed by atoms with Crippen LogP contribution in [0.2, 0.25) is 0 Å². The Balaban J connectivity index is 1.30. The second-order valence-electron chi connectivity index (χ2n) is 7.73. The van der Waals surface area contributed by atoms with Gasteiger partial charge in [0.05, 0.1) is 18.0 Å². The number of benzene rings is 3. The summed E-state index contributed by atoms with van der Waals surface area (Å²) in [6, 6.07) is 23.7. The molecule has 1 atom stereocenters. The van der Waals surface area contributed by atoms with Crippen molar-refractivity contribution in [2.45, 2.75) is 17.3 Å². The number of nitrogens with one attached hydrogen (secondary N) is 3. The van der Waals surface area contributed by atoms with Crippen LogP contribution in [-0.4, -0.2) is 39.4 Å². The summed E-state index contributed by atoms with van der Waals surface area (Å²) in [4.78, 5) is 29.6. The van der Waals surface area contributed by atoms with E-state index in [1.54, 1.807) is 50.4 Å². The minimum absolute atomic E-state index is 0.197. The highest BCUT2D eigenvalue weighted by Gasteiger charge is 2.17. The van der Waals surface area contributed by atoms with Crippen LogP contribution in [0.15, 0.2) is 84.0 Å². The van der Waals surface area contributed by atoms with Crippen LogP contribution in [0.25, 0.3) is 12.2 Å². The molecule has 8 nitrogen and oxygen atoms in total. The lowest BCUT2D eigenvalue weighted by molar-refractivity contribution is -0.115. The Kier molecular flexibility index (Phi) is 8.15. The summed E-state index contributed by atoms with van der Waals surface area (Å²) in [6.45, 7) is 1.78. The first kappa shape index (κ1) is 24.7. The van der Waals surface area contributed by atoms with Gasteiger partial charge in [0.2, 0.25) is 11.1 Å². The Labute approximate surface area is 213 Å². The summed E-state index contributed by atoms with van der Waals surface area (Å²) in [5.41, 5.74) is 2.68. The first-order chi connectivity index (χ1) is 17.5. The monoisotopic (exact) mass is 499 g/mol. The number of hydrogen-bond acceptors (Lipinski definition) is 6. The predicted molar refractivity (Wildman–Crippen MR) is 143 cm³/mol. The van der Waals surface area contributed by atoms with Crippen molar-refractivity contribution in [3.05, 3.63) is 95.8 Å². The summed E-state index contributed by atoms with van der Waals surface area (Å²) in [5.74, 6) is 0.711. The molecule has 0 aliphatic heterocycles. The Morgan fingerprint density at radius 2 is 1.67 bits per heavy atom. The molecule has 0 bridgehead atoms. The first-order valence-corrected chi connectivity index (χ1v) is 12.1. The number of carbonyl (C=O) groups is 2. The predicted octanol–water partition coefficient (Wildman–Crippen LogP) is 5.36. The molecule has 0 spiro atoms. The minimum atomic E-state index is -0.430. The van der Waals surface area contributed by atoms with Gasteiger partial charge in [0.15, 0.2) is 0 Å². The minimum Gasteiger partial charge on any atom is -0.495 e. The Morgan fingerprint density at radius 1 is 0.944 bits per heavy atom. The van der Waals surface area contributed by atoms with Gasteiger partial charge in [0.1, 0.15) is 11.6 Å². The highest BCUT2D eigenvalue weighted by atomic mass is 32.2. The molecule has 1 aromatic heterocycles. The summed E-state index contributed by atoms with van der Waals surface area (Å²) in [5, 5.41) is 12.8. The van der Waals surface area contributed by atoms with Gasteiger partial charge in [-0.25, -0.2) is 4.98 Å². The third-order valence-corrected chi connectivity index (χ3v) is 6.10. The van der Waals surface area contributed by atoms with E-state index in [1.807, 2.05) is 54.6 Å². The Bertz CT molecular complexity index is 1350. The van der Waals surface area contributed by atoms with Gasteiger partial charge in [-0.2, -0.15) is 0 Å². The lowest BCUT2D eigenvalue weighted by Crippen LogP contribution is -2.22. The van der Waals surface area contributed by atoms with Gasteiger partial charge in [0.25, 0.3) is 5.91 Å². The zero-order chi connectivity index (χ0) is 25.3. The number of aromatic nitrogens is 3. The average molecular weight is 500 g/mol. The normalized spacial score (nSPS) is 11.7. The third-order valence-electron chi connectivity index (χ3n) is 5.14. The van der Waals surface area contributed by atoms with Crippen LogP contribution in [0.1, 0.15) is 28.7 Å². The number of carbonyl (C=O) groups excluding carboxylic acids is 2. The van der Waals surface area contributed by atoms with E-state index in [1.165, 1.54) is 11.8 Å². The van der Waals surface area contributed by atoms with Crippen molar-refractivity contribution < 1.29 is 14.3 Å². The summed E-state index contributed by atoms with van der Waals surface area (Å²) >= 11 is 1.25. The number of nitrogens with zero attached hydrogens (tertiary/aromatic N) is 2. The molecule has 0 saturated carbocycles. The molecule has 0 aliphatic carbocycles.